The van der Waals surface area contributed by atoms with Gasteiger partial charge in [0.25, 0.3) is 0 Å². The van der Waals surface area contributed by atoms with Crippen molar-refractivity contribution in [2.75, 3.05) is 14.2 Å². The number of carbonyl (C=O) groups excluding carboxylic acids is 1. The molecule has 0 spiro atoms. The molecule has 0 bridgehead atoms. The highest BCUT2D eigenvalue weighted by Gasteiger charge is 2.37. The largest absolute Gasteiger partial charge is 0.496 e. The minimum absolute atomic E-state index is 0.111. The van der Waals surface area contributed by atoms with E-state index in [4.69, 9.17) is 9.47 Å². The summed E-state index contributed by atoms with van der Waals surface area (Å²) < 4.78 is 13.0. The quantitative estimate of drug-likeness (QED) is 0.649. The molecule has 3 rings (SSSR count). The first kappa shape index (κ1) is 19.4. The van der Waals surface area contributed by atoms with Crippen molar-refractivity contribution in [1.29, 1.82) is 0 Å². The first-order valence-corrected chi connectivity index (χ1v) is 9.98. The van der Waals surface area contributed by atoms with E-state index in [1.807, 2.05) is 43.3 Å². The van der Waals surface area contributed by atoms with Crippen molar-refractivity contribution in [3.63, 3.8) is 0 Å². The van der Waals surface area contributed by atoms with Gasteiger partial charge in [0.15, 0.2) is 0 Å². The van der Waals surface area contributed by atoms with Crippen molar-refractivity contribution in [1.82, 2.24) is 5.32 Å². The molecule has 0 radical (unpaired) electrons. The minimum Gasteiger partial charge on any atom is -0.496 e. The summed E-state index contributed by atoms with van der Waals surface area (Å²) in [5.41, 5.74) is 1.97. The van der Waals surface area contributed by atoms with E-state index in [-0.39, 0.29) is 23.8 Å². The Balaban J connectivity index is 1.99. The molecule has 2 aromatic carbocycles. The van der Waals surface area contributed by atoms with Crippen molar-refractivity contribution in [3.8, 4) is 11.5 Å². The summed E-state index contributed by atoms with van der Waals surface area (Å²) >= 11 is 6.94. The van der Waals surface area contributed by atoms with Crippen molar-refractivity contribution in [3.05, 3.63) is 56.5 Å². The fourth-order valence-electron chi connectivity index (χ4n) is 3.47. The lowest BCUT2D eigenvalue weighted by atomic mass is 9.81. The Morgan fingerprint density at radius 2 is 1.50 bits per heavy atom. The highest BCUT2D eigenvalue weighted by Crippen LogP contribution is 2.41. The molecule has 1 aliphatic rings. The molecule has 0 aromatic heterocycles. The number of hydrogen-bond donors (Lipinski definition) is 1. The van der Waals surface area contributed by atoms with Gasteiger partial charge in [-0.05, 0) is 24.3 Å². The smallest absolute Gasteiger partial charge is 0.139 e. The van der Waals surface area contributed by atoms with Crippen LogP contribution in [-0.2, 0) is 4.79 Å². The molecule has 0 aliphatic carbocycles. The average molecular weight is 483 g/mol. The van der Waals surface area contributed by atoms with Crippen LogP contribution in [0.15, 0.2) is 45.3 Å². The maximum atomic E-state index is 12.8. The lowest BCUT2D eigenvalue weighted by Gasteiger charge is -2.36. The molecule has 0 amide bonds. The fraction of sp³-hybridized carbons (Fsp3) is 0.350. The monoisotopic (exact) mass is 481 g/mol. The van der Waals surface area contributed by atoms with E-state index in [9.17, 15) is 4.79 Å². The molecule has 3 atom stereocenters. The molecule has 0 saturated carbocycles. The Labute approximate surface area is 170 Å². The van der Waals surface area contributed by atoms with Gasteiger partial charge in [0.05, 0.1) is 14.2 Å². The molecule has 2 aromatic rings. The van der Waals surface area contributed by atoms with Crippen LogP contribution in [0.2, 0.25) is 0 Å². The molecule has 6 heteroatoms. The van der Waals surface area contributed by atoms with Crippen LogP contribution in [-0.4, -0.2) is 20.0 Å². The van der Waals surface area contributed by atoms with Gasteiger partial charge in [0.2, 0.25) is 0 Å². The van der Waals surface area contributed by atoms with Crippen LogP contribution in [0.5, 0.6) is 11.5 Å². The molecule has 1 fully saturated rings. The summed E-state index contributed by atoms with van der Waals surface area (Å²) in [5.74, 6) is 1.62. The van der Waals surface area contributed by atoms with Gasteiger partial charge in [-0.15, -0.1) is 0 Å². The zero-order chi connectivity index (χ0) is 18.8. The lowest BCUT2D eigenvalue weighted by molar-refractivity contribution is -0.126. The lowest BCUT2D eigenvalue weighted by Crippen LogP contribution is -2.41. The zero-order valence-electron chi connectivity index (χ0n) is 14.9. The molecular formula is C20H21Br2NO3. The fourth-order valence-corrected chi connectivity index (χ4v) is 4.15. The number of carbonyl (C=O) groups is 1. The number of piperidine rings is 1. The van der Waals surface area contributed by atoms with Gasteiger partial charge in [-0.2, -0.15) is 0 Å². The number of ether oxygens (including phenoxy) is 2. The van der Waals surface area contributed by atoms with E-state index < -0.39 is 0 Å². The van der Waals surface area contributed by atoms with Gasteiger partial charge in [0.1, 0.15) is 17.3 Å². The number of Topliss-reactive ketones (excluding diaryl/α,β-unsaturated/α-hetero) is 1. The number of hydrogen-bond acceptors (Lipinski definition) is 4. The van der Waals surface area contributed by atoms with E-state index >= 15 is 0 Å². The van der Waals surface area contributed by atoms with E-state index in [1.165, 1.54) is 0 Å². The number of rotatable bonds is 4. The van der Waals surface area contributed by atoms with Crippen LogP contribution in [0, 0.1) is 5.92 Å². The van der Waals surface area contributed by atoms with Crippen molar-refractivity contribution >= 4 is 37.6 Å². The van der Waals surface area contributed by atoms with Gasteiger partial charge < -0.3 is 14.8 Å². The Hall–Kier alpha value is -1.37. The van der Waals surface area contributed by atoms with Crippen LogP contribution in [0.3, 0.4) is 0 Å². The molecule has 4 nitrogen and oxygen atoms in total. The predicted molar refractivity (Wildman–Crippen MR) is 109 cm³/mol. The second kappa shape index (κ2) is 8.11. The molecule has 1 heterocycles. The van der Waals surface area contributed by atoms with E-state index in [2.05, 4.69) is 37.2 Å². The number of nitrogens with one attached hydrogen (secondary N) is 1. The van der Waals surface area contributed by atoms with Gasteiger partial charge in [0, 0.05) is 44.5 Å². The summed E-state index contributed by atoms with van der Waals surface area (Å²) in [6, 6.07) is 11.6. The van der Waals surface area contributed by atoms with Gasteiger partial charge in [-0.3, -0.25) is 4.79 Å². The van der Waals surface area contributed by atoms with E-state index in [0.29, 0.717) is 6.42 Å². The first-order chi connectivity index (χ1) is 12.4. The van der Waals surface area contributed by atoms with Gasteiger partial charge in [-0.1, -0.05) is 50.9 Å². The third-order valence-electron chi connectivity index (χ3n) is 4.90. The number of halogens is 2. The maximum Gasteiger partial charge on any atom is 0.139 e. The summed E-state index contributed by atoms with van der Waals surface area (Å²) in [7, 11) is 3.30. The summed E-state index contributed by atoms with van der Waals surface area (Å²) in [6.07, 6.45) is 0.439. The Bertz CT molecular complexity index is 825. The highest BCUT2D eigenvalue weighted by atomic mass is 79.9. The topological polar surface area (TPSA) is 47.6 Å². The first-order valence-electron chi connectivity index (χ1n) is 8.40. The summed E-state index contributed by atoms with van der Waals surface area (Å²) in [4.78, 5) is 12.8. The highest BCUT2D eigenvalue weighted by molar-refractivity contribution is 9.10. The van der Waals surface area contributed by atoms with Gasteiger partial charge >= 0.3 is 0 Å². The molecule has 26 heavy (non-hydrogen) atoms. The van der Waals surface area contributed by atoms with E-state index in [1.54, 1.807) is 14.2 Å². The Morgan fingerprint density at radius 1 is 0.962 bits per heavy atom. The molecule has 1 aliphatic heterocycles. The van der Waals surface area contributed by atoms with E-state index in [0.717, 1.165) is 31.6 Å². The van der Waals surface area contributed by atoms with Crippen molar-refractivity contribution in [2.24, 2.45) is 5.92 Å². The third-order valence-corrected chi connectivity index (χ3v) is 5.88. The number of ketones is 1. The molecular weight excluding hydrogens is 462 g/mol. The molecule has 1 N–H and O–H groups in total. The summed E-state index contributed by atoms with van der Waals surface area (Å²) in [5, 5.41) is 3.64. The number of methoxy groups -OCH3 is 2. The minimum atomic E-state index is -0.136. The van der Waals surface area contributed by atoms with Crippen LogP contribution >= 0.6 is 31.9 Å². The second-order valence-electron chi connectivity index (χ2n) is 6.43. The van der Waals surface area contributed by atoms with Crippen LogP contribution < -0.4 is 14.8 Å². The van der Waals surface area contributed by atoms with Crippen LogP contribution in [0.1, 0.15) is 36.6 Å². The molecule has 138 valence electrons. The average Bonchev–Trinajstić information content (AvgIpc) is 2.63. The standard InChI is InChI=1S/C20H21Br2NO3/c1-11-17(24)10-16(14-6-4-12(21)8-18(14)25-2)23-20(11)15-7-5-13(22)9-19(15)26-3/h4-9,11,16,20,23H,10H2,1-3H3/t11-,16-,20+/m0/s1. The van der Waals surface area contributed by atoms with Gasteiger partial charge in [-0.25, -0.2) is 0 Å². The predicted octanol–water partition coefficient (Wildman–Crippen LogP) is 5.21. The maximum absolute atomic E-state index is 12.8. The van der Waals surface area contributed by atoms with Crippen LogP contribution in [0.4, 0.5) is 0 Å². The third kappa shape index (κ3) is 3.82. The van der Waals surface area contributed by atoms with Crippen molar-refractivity contribution in [2.45, 2.75) is 25.4 Å². The Kier molecular flexibility index (Phi) is 6.05. The zero-order valence-corrected chi connectivity index (χ0v) is 18.1. The number of benzene rings is 2. The summed E-state index contributed by atoms with van der Waals surface area (Å²) in [6.45, 7) is 1.97. The Morgan fingerprint density at radius 3 is 2.08 bits per heavy atom. The normalized spacial score (nSPS) is 23.0. The van der Waals surface area contributed by atoms with Crippen LogP contribution in [0.25, 0.3) is 0 Å². The molecule has 1 saturated heterocycles. The SMILES string of the molecule is COc1cc(Br)ccc1[C@@H]1CC(=O)[C@H](C)[C@H](c2ccc(Br)cc2OC)N1. The molecule has 0 unspecified atom stereocenters. The van der Waals surface area contributed by atoms with Crippen molar-refractivity contribution < 1.29 is 14.3 Å². The second-order valence-corrected chi connectivity index (χ2v) is 8.26.